The van der Waals surface area contributed by atoms with Crippen LogP contribution in [-0.2, 0) is 14.3 Å². The molecular formula is C14H18ClNO4. The van der Waals surface area contributed by atoms with Gasteiger partial charge in [0.1, 0.15) is 5.75 Å². The van der Waals surface area contributed by atoms with Crippen molar-refractivity contribution in [2.24, 2.45) is 0 Å². The van der Waals surface area contributed by atoms with E-state index in [1.165, 1.54) is 4.90 Å². The lowest BCUT2D eigenvalue weighted by molar-refractivity contribution is -0.144. The minimum absolute atomic E-state index is 0.0976. The molecule has 110 valence electrons. The Hall–Kier alpha value is -1.75. The van der Waals surface area contributed by atoms with Gasteiger partial charge in [0, 0.05) is 18.6 Å². The van der Waals surface area contributed by atoms with E-state index in [9.17, 15) is 9.59 Å². The van der Waals surface area contributed by atoms with Gasteiger partial charge >= 0.3 is 5.97 Å². The first-order valence-corrected chi connectivity index (χ1v) is 6.68. The maximum absolute atomic E-state index is 11.8. The van der Waals surface area contributed by atoms with E-state index in [-0.39, 0.29) is 24.9 Å². The number of nitrogens with zero attached hydrogens (tertiary/aromatic N) is 1. The lowest BCUT2D eigenvalue weighted by Crippen LogP contribution is -2.33. The molecule has 6 heteroatoms. The third-order valence-electron chi connectivity index (χ3n) is 2.54. The van der Waals surface area contributed by atoms with Crippen molar-refractivity contribution in [2.75, 3.05) is 26.8 Å². The third-order valence-corrected chi connectivity index (χ3v) is 2.78. The standard InChI is InChI=1S/C14H18ClNO4/c1-3-19-14(18)7-8-16(2)13(17)10-20-12-6-4-5-11(15)9-12/h4-6,9H,3,7-8,10H2,1-2H3. The molecule has 0 unspecified atom stereocenters. The summed E-state index contributed by atoms with van der Waals surface area (Å²) in [6.07, 6.45) is 0.174. The summed E-state index contributed by atoms with van der Waals surface area (Å²) in [5.74, 6) is 0.00169. The summed E-state index contributed by atoms with van der Waals surface area (Å²) in [6.45, 7) is 2.29. The van der Waals surface area contributed by atoms with E-state index >= 15 is 0 Å². The van der Waals surface area contributed by atoms with Gasteiger partial charge in [-0.15, -0.1) is 0 Å². The van der Waals surface area contributed by atoms with E-state index < -0.39 is 0 Å². The molecule has 0 aliphatic heterocycles. The van der Waals surface area contributed by atoms with Gasteiger partial charge < -0.3 is 14.4 Å². The molecule has 0 heterocycles. The van der Waals surface area contributed by atoms with Gasteiger partial charge in [0.25, 0.3) is 5.91 Å². The highest BCUT2D eigenvalue weighted by molar-refractivity contribution is 6.30. The number of ether oxygens (including phenoxy) is 2. The Bertz CT molecular complexity index is 464. The topological polar surface area (TPSA) is 55.8 Å². The first kappa shape index (κ1) is 16.3. The molecule has 1 amide bonds. The van der Waals surface area contributed by atoms with Crippen LogP contribution in [0.4, 0.5) is 0 Å². The Balaban J connectivity index is 2.33. The molecule has 0 saturated heterocycles. The maximum Gasteiger partial charge on any atom is 0.307 e. The van der Waals surface area contributed by atoms with Gasteiger partial charge in [-0.25, -0.2) is 0 Å². The molecule has 0 saturated carbocycles. The fourth-order valence-electron chi connectivity index (χ4n) is 1.43. The van der Waals surface area contributed by atoms with E-state index in [4.69, 9.17) is 21.1 Å². The van der Waals surface area contributed by atoms with Crippen LogP contribution in [0.5, 0.6) is 5.75 Å². The molecule has 0 aromatic heterocycles. The Morgan fingerprint density at radius 2 is 2.10 bits per heavy atom. The van der Waals surface area contributed by atoms with Crippen LogP contribution in [0.15, 0.2) is 24.3 Å². The van der Waals surface area contributed by atoms with Crippen molar-refractivity contribution in [3.8, 4) is 5.75 Å². The van der Waals surface area contributed by atoms with E-state index in [2.05, 4.69) is 0 Å². The lowest BCUT2D eigenvalue weighted by Gasteiger charge is -2.17. The predicted octanol–water partition coefficient (Wildman–Crippen LogP) is 2.13. The molecule has 1 aromatic rings. The van der Waals surface area contributed by atoms with Crippen molar-refractivity contribution in [2.45, 2.75) is 13.3 Å². The molecular weight excluding hydrogens is 282 g/mol. The third kappa shape index (κ3) is 5.93. The average Bonchev–Trinajstić information content (AvgIpc) is 2.42. The summed E-state index contributed by atoms with van der Waals surface area (Å²) < 4.78 is 10.1. The van der Waals surface area contributed by atoms with Crippen molar-refractivity contribution in [1.82, 2.24) is 4.90 Å². The van der Waals surface area contributed by atoms with Gasteiger partial charge in [0.2, 0.25) is 0 Å². The highest BCUT2D eigenvalue weighted by Gasteiger charge is 2.12. The number of carbonyl (C=O) groups excluding carboxylic acids is 2. The Morgan fingerprint density at radius 3 is 2.75 bits per heavy atom. The molecule has 5 nitrogen and oxygen atoms in total. The van der Waals surface area contributed by atoms with E-state index in [1.54, 1.807) is 38.2 Å². The Morgan fingerprint density at radius 1 is 1.35 bits per heavy atom. The summed E-state index contributed by atoms with van der Waals surface area (Å²) in [5, 5.41) is 0.547. The molecule has 1 rings (SSSR count). The van der Waals surface area contributed by atoms with E-state index in [1.807, 2.05) is 0 Å². The number of halogens is 1. The fourth-order valence-corrected chi connectivity index (χ4v) is 1.61. The number of carbonyl (C=O) groups is 2. The Kier molecular flexibility index (Phi) is 6.87. The van der Waals surface area contributed by atoms with Gasteiger partial charge in [-0.3, -0.25) is 9.59 Å². The van der Waals surface area contributed by atoms with Crippen LogP contribution >= 0.6 is 11.6 Å². The summed E-state index contributed by atoms with van der Waals surface area (Å²) in [4.78, 5) is 24.4. The van der Waals surface area contributed by atoms with Crippen molar-refractivity contribution < 1.29 is 19.1 Å². The van der Waals surface area contributed by atoms with Gasteiger partial charge in [-0.05, 0) is 25.1 Å². The van der Waals surface area contributed by atoms with Crippen LogP contribution in [-0.4, -0.2) is 43.6 Å². The number of amides is 1. The molecule has 20 heavy (non-hydrogen) atoms. The van der Waals surface area contributed by atoms with Crippen molar-refractivity contribution in [3.05, 3.63) is 29.3 Å². The second-order valence-corrected chi connectivity index (χ2v) is 4.55. The van der Waals surface area contributed by atoms with E-state index in [0.29, 0.717) is 23.9 Å². The van der Waals surface area contributed by atoms with Crippen LogP contribution in [0, 0.1) is 0 Å². The zero-order chi connectivity index (χ0) is 15.0. The summed E-state index contributed by atoms with van der Waals surface area (Å²) >= 11 is 5.81. The number of benzene rings is 1. The largest absolute Gasteiger partial charge is 0.484 e. The number of rotatable bonds is 7. The minimum Gasteiger partial charge on any atom is -0.484 e. The smallest absolute Gasteiger partial charge is 0.307 e. The van der Waals surface area contributed by atoms with Crippen LogP contribution in [0.2, 0.25) is 5.02 Å². The van der Waals surface area contributed by atoms with Crippen LogP contribution < -0.4 is 4.74 Å². The van der Waals surface area contributed by atoms with Crippen LogP contribution in [0.3, 0.4) is 0 Å². The predicted molar refractivity (Wildman–Crippen MR) is 75.8 cm³/mol. The number of likely N-dealkylation sites (N-methyl/N-ethyl adjacent to an activating group) is 1. The van der Waals surface area contributed by atoms with Gasteiger partial charge in [-0.2, -0.15) is 0 Å². The molecule has 0 bridgehead atoms. The maximum atomic E-state index is 11.8. The van der Waals surface area contributed by atoms with Gasteiger partial charge in [0.15, 0.2) is 6.61 Å². The highest BCUT2D eigenvalue weighted by atomic mass is 35.5. The zero-order valence-corrected chi connectivity index (χ0v) is 12.4. The normalized spacial score (nSPS) is 9.95. The van der Waals surface area contributed by atoms with Crippen molar-refractivity contribution in [1.29, 1.82) is 0 Å². The van der Waals surface area contributed by atoms with Crippen molar-refractivity contribution in [3.63, 3.8) is 0 Å². The molecule has 0 spiro atoms. The van der Waals surface area contributed by atoms with Crippen LogP contribution in [0.1, 0.15) is 13.3 Å². The minimum atomic E-state index is -0.317. The molecule has 0 aliphatic rings. The molecule has 0 aliphatic carbocycles. The summed E-state index contributed by atoms with van der Waals surface area (Å²) in [7, 11) is 1.61. The molecule has 0 radical (unpaired) electrons. The number of hydrogen-bond donors (Lipinski definition) is 0. The molecule has 0 fully saturated rings. The average molecular weight is 300 g/mol. The van der Waals surface area contributed by atoms with Crippen LogP contribution in [0.25, 0.3) is 0 Å². The number of esters is 1. The Labute approximate surface area is 123 Å². The lowest BCUT2D eigenvalue weighted by atomic mass is 10.3. The van der Waals surface area contributed by atoms with E-state index in [0.717, 1.165) is 0 Å². The summed E-state index contributed by atoms with van der Waals surface area (Å²) in [5.41, 5.74) is 0. The second kappa shape index (κ2) is 8.43. The monoisotopic (exact) mass is 299 g/mol. The first-order valence-electron chi connectivity index (χ1n) is 6.31. The molecule has 0 N–H and O–H groups in total. The number of hydrogen-bond acceptors (Lipinski definition) is 4. The second-order valence-electron chi connectivity index (χ2n) is 4.12. The highest BCUT2D eigenvalue weighted by Crippen LogP contribution is 2.16. The first-order chi connectivity index (χ1) is 9.52. The van der Waals surface area contributed by atoms with Gasteiger partial charge in [-0.1, -0.05) is 17.7 Å². The summed E-state index contributed by atoms with van der Waals surface area (Å²) in [6, 6.07) is 6.82. The molecule has 1 aromatic carbocycles. The molecule has 0 atom stereocenters. The van der Waals surface area contributed by atoms with Crippen molar-refractivity contribution >= 4 is 23.5 Å². The zero-order valence-electron chi connectivity index (χ0n) is 11.6. The SMILES string of the molecule is CCOC(=O)CCN(C)C(=O)COc1cccc(Cl)c1. The van der Waals surface area contributed by atoms with Gasteiger partial charge in [0.05, 0.1) is 13.0 Å². The fraction of sp³-hybridized carbons (Fsp3) is 0.429. The quantitative estimate of drug-likeness (QED) is 0.724.